The van der Waals surface area contributed by atoms with Gasteiger partial charge in [0, 0.05) is 10.0 Å². The average molecular weight is 388 g/mol. The molecule has 0 bridgehead atoms. The van der Waals surface area contributed by atoms with Crippen LogP contribution in [0.5, 0.6) is 0 Å². The summed E-state index contributed by atoms with van der Waals surface area (Å²) < 4.78 is 51.7. The Morgan fingerprint density at radius 1 is 1.25 bits per heavy atom. The van der Waals surface area contributed by atoms with Crippen molar-refractivity contribution in [3.05, 3.63) is 54.9 Å². The van der Waals surface area contributed by atoms with E-state index in [9.17, 15) is 22.4 Å². The molecule has 0 fully saturated rings. The highest BCUT2D eigenvalue weighted by molar-refractivity contribution is 9.10. The maximum absolute atomic E-state index is 13.1. The van der Waals surface area contributed by atoms with Crippen LogP contribution in [0, 0.1) is 5.82 Å². The Kier molecular flexibility index (Phi) is 4.22. The summed E-state index contributed by atoms with van der Waals surface area (Å²) in [5.74, 6) is -2.06. The molecule has 0 aliphatic carbocycles. The lowest BCUT2D eigenvalue weighted by Crippen LogP contribution is -2.10. The molecule has 1 nitrogen and oxygen atoms in total. The first kappa shape index (κ1) is 15.5. The summed E-state index contributed by atoms with van der Waals surface area (Å²) >= 11 is 9.80. The Morgan fingerprint density at radius 3 is 2.40 bits per heavy atom. The van der Waals surface area contributed by atoms with E-state index in [1.165, 1.54) is 6.07 Å². The third-order valence-corrected chi connectivity index (χ3v) is 4.88. The Labute approximate surface area is 128 Å². The van der Waals surface area contributed by atoms with Crippen molar-refractivity contribution in [2.75, 3.05) is 0 Å². The second kappa shape index (κ2) is 5.46. The molecule has 0 unspecified atom stereocenters. The van der Waals surface area contributed by atoms with Gasteiger partial charge in [-0.1, -0.05) is 11.6 Å². The van der Waals surface area contributed by atoms with Gasteiger partial charge in [0.2, 0.25) is 5.78 Å². The average Bonchev–Trinajstić information content (AvgIpc) is 2.68. The van der Waals surface area contributed by atoms with Crippen molar-refractivity contribution < 1.29 is 22.4 Å². The number of halogens is 6. The Bertz CT molecular complexity index is 661. The number of alkyl halides is 3. The standard InChI is InChI=1S/C12H4BrClF4OS/c13-7-4-9(20-11(7)14)10(19)5-1-2-8(15)6(3-5)12(16,17)18/h1-4H. The fourth-order valence-electron chi connectivity index (χ4n) is 1.48. The number of carbonyl (C=O) groups excluding carboxylic acids is 1. The van der Waals surface area contributed by atoms with E-state index in [0.29, 0.717) is 20.9 Å². The molecule has 2 rings (SSSR count). The van der Waals surface area contributed by atoms with Gasteiger partial charge in [0.05, 0.1) is 10.4 Å². The van der Waals surface area contributed by atoms with Crippen molar-refractivity contribution >= 4 is 44.7 Å². The first-order valence-corrected chi connectivity index (χ1v) is 7.05. The summed E-state index contributed by atoms with van der Waals surface area (Å²) in [7, 11) is 0. The van der Waals surface area contributed by atoms with Crippen molar-refractivity contribution in [1.29, 1.82) is 0 Å². The van der Waals surface area contributed by atoms with Crippen LogP contribution in [-0.2, 0) is 6.18 Å². The molecule has 20 heavy (non-hydrogen) atoms. The molecule has 0 atom stereocenters. The summed E-state index contributed by atoms with van der Waals surface area (Å²) in [5.41, 5.74) is -1.71. The minimum atomic E-state index is -4.85. The van der Waals surface area contributed by atoms with Gasteiger partial charge in [-0.25, -0.2) is 4.39 Å². The molecule has 1 aromatic heterocycles. The summed E-state index contributed by atoms with van der Waals surface area (Å²) in [6.45, 7) is 0. The number of hydrogen-bond donors (Lipinski definition) is 0. The Balaban J connectivity index is 2.46. The molecule has 0 saturated carbocycles. The van der Waals surface area contributed by atoms with Gasteiger partial charge in [-0.2, -0.15) is 13.2 Å². The topological polar surface area (TPSA) is 17.1 Å². The molecule has 8 heteroatoms. The van der Waals surface area contributed by atoms with Crippen LogP contribution in [0.15, 0.2) is 28.7 Å². The zero-order valence-corrected chi connectivity index (χ0v) is 12.6. The largest absolute Gasteiger partial charge is 0.419 e. The van der Waals surface area contributed by atoms with Gasteiger partial charge in [0.15, 0.2) is 0 Å². The van der Waals surface area contributed by atoms with E-state index < -0.39 is 23.3 Å². The van der Waals surface area contributed by atoms with Crippen LogP contribution >= 0.6 is 38.9 Å². The molecule has 1 aromatic carbocycles. The number of carbonyl (C=O) groups is 1. The number of rotatable bonds is 2. The predicted octanol–water partition coefficient (Wildman–Crippen LogP) is 5.55. The van der Waals surface area contributed by atoms with Crippen LogP contribution < -0.4 is 0 Å². The van der Waals surface area contributed by atoms with E-state index in [1.54, 1.807) is 0 Å². The lowest BCUT2D eigenvalue weighted by Gasteiger charge is -2.09. The van der Waals surface area contributed by atoms with Crippen molar-refractivity contribution in [2.24, 2.45) is 0 Å². The quantitative estimate of drug-likeness (QED) is 0.487. The van der Waals surface area contributed by atoms with Crippen molar-refractivity contribution in [2.45, 2.75) is 6.18 Å². The van der Waals surface area contributed by atoms with Gasteiger partial charge >= 0.3 is 6.18 Å². The zero-order chi connectivity index (χ0) is 15.1. The van der Waals surface area contributed by atoms with Crippen LogP contribution in [0.1, 0.15) is 20.8 Å². The molecule has 0 N–H and O–H groups in total. The third-order valence-electron chi connectivity index (χ3n) is 2.40. The smallest absolute Gasteiger partial charge is 0.288 e. The molecular weight excluding hydrogens is 384 g/mol. The van der Waals surface area contributed by atoms with Crippen LogP contribution in [0.3, 0.4) is 0 Å². The Hall–Kier alpha value is -0.920. The highest BCUT2D eigenvalue weighted by atomic mass is 79.9. The minimum absolute atomic E-state index is 0.168. The molecule has 0 aliphatic rings. The maximum atomic E-state index is 13.1. The molecule has 0 radical (unpaired) electrons. The van der Waals surface area contributed by atoms with Gasteiger partial charge < -0.3 is 0 Å². The van der Waals surface area contributed by atoms with Crippen molar-refractivity contribution in [3.63, 3.8) is 0 Å². The molecule has 0 saturated heterocycles. The van der Waals surface area contributed by atoms with E-state index >= 15 is 0 Å². The van der Waals surface area contributed by atoms with Gasteiger partial charge in [0.1, 0.15) is 10.2 Å². The van der Waals surface area contributed by atoms with Crippen LogP contribution in [0.4, 0.5) is 17.6 Å². The van der Waals surface area contributed by atoms with Crippen LogP contribution in [0.25, 0.3) is 0 Å². The van der Waals surface area contributed by atoms with Gasteiger partial charge in [0.25, 0.3) is 0 Å². The predicted molar refractivity (Wildman–Crippen MR) is 71.9 cm³/mol. The molecule has 1 heterocycles. The normalized spacial score (nSPS) is 11.7. The van der Waals surface area contributed by atoms with E-state index in [1.807, 2.05) is 0 Å². The monoisotopic (exact) mass is 386 g/mol. The molecule has 0 spiro atoms. The molecule has 0 aliphatic heterocycles. The number of benzene rings is 1. The zero-order valence-electron chi connectivity index (χ0n) is 9.39. The summed E-state index contributed by atoms with van der Waals surface area (Å²) in [6.07, 6.45) is -4.85. The molecule has 106 valence electrons. The number of hydrogen-bond acceptors (Lipinski definition) is 2. The van der Waals surface area contributed by atoms with Gasteiger partial charge in [-0.05, 0) is 40.2 Å². The lowest BCUT2D eigenvalue weighted by atomic mass is 10.1. The molecule has 0 amide bonds. The second-order valence-corrected chi connectivity index (χ2v) is 6.26. The van der Waals surface area contributed by atoms with E-state index in [2.05, 4.69) is 15.9 Å². The first-order valence-electron chi connectivity index (χ1n) is 5.06. The molecule has 2 aromatic rings. The second-order valence-electron chi connectivity index (χ2n) is 3.75. The van der Waals surface area contributed by atoms with E-state index in [-0.39, 0.29) is 10.4 Å². The summed E-state index contributed by atoms with van der Waals surface area (Å²) in [4.78, 5) is 12.2. The fourth-order valence-corrected chi connectivity index (χ4v) is 3.15. The Morgan fingerprint density at radius 2 is 1.90 bits per heavy atom. The fraction of sp³-hybridized carbons (Fsp3) is 0.0833. The maximum Gasteiger partial charge on any atom is 0.419 e. The van der Waals surface area contributed by atoms with Gasteiger partial charge in [-0.3, -0.25) is 4.79 Å². The highest BCUT2D eigenvalue weighted by Gasteiger charge is 2.34. The van der Waals surface area contributed by atoms with Gasteiger partial charge in [-0.15, -0.1) is 11.3 Å². The van der Waals surface area contributed by atoms with Crippen LogP contribution in [-0.4, -0.2) is 5.78 Å². The number of ketones is 1. The number of thiophene rings is 1. The van der Waals surface area contributed by atoms with Crippen LogP contribution in [0.2, 0.25) is 4.34 Å². The SMILES string of the molecule is O=C(c1ccc(F)c(C(F)(F)F)c1)c1cc(Br)c(Cl)s1. The summed E-state index contributed by atoms with van der Waals surface area (Å²) in [6, 6.07) is 3.54. The molecular formula is C12H4BrClF4OS. The van der Waals surface area contributed by atoms with E-state index in [0.717, 1.165) is 17.4 Å². The summed E-state index contributed by atoms with van der Waals surface area (Å²) in [5, 5.41) is 0. The highest BCUT2D eigenvalue weighted by Crippen LogP contribution is 2.35. The first-order chi connectivity index (χ1) is 9.20. The van der Waals surface area contributed by atoms with Crippen molar-refractivity contribution in [1.82, 2.24) is 0 Å². The minimum Gasteiger partial charge on any atom is -0.288 e. The third kappa shape index (κ3) is 3.05. The van der Waals surface area contributed by atoms with Crippen molar-refractivity contribution in [3.8, 4) is 0 Å². The lowest BCUT2D eigenvalue weighted by molar-refractivity contribution is -0.140. The van der Waals surface area contributed by atoms with E-state index in [4.69, 9.17) is 11.6 Å².